The molecule has 2 aromatic carbocycles. The van der Waals surface area contributed by atoms with Crippen LogP contribution in [0.15, 0.2) is 66.1 Å². The van der Waals surface area contributed by atoms with Crippen LogP contribution < -0.4 is 15.5 Å². The molecular weight excluding hydrogens is 400 g/mol. The first-order valence-electron chi connectivity index (χ1n) is 9.10. The van der Waals surface area contributed by atoms with Gasteiger partial charge in [0.25, 0.3) is 5.91 Å². The van der Waals surface area contributed by atoms with Crippen molar-refractivity contribution in [3.63, 3.8) is 0 Å². The molecule has 3 rings (SSSR count). The normalized spacial score (nSPS) is 10.6. The number of benzene rings is 2. The highest BCUT2D eigenvalue weighted by Crippen LogP contribution is 2.29. The third kappa shape index (κ3) is 5.18. The van der Waals surface area contributed by atoms with E-state index in [-0.39, 0.29) is 17.7 Å². The Morgan fingerprint density at radius 2 is 1.73 bits per heavy atom. The Bertz CT molecular complexity index is 1080. The fourth-order valence-electron chi connectivity index (χ4n) is 2.65. The van der Waals surface area contributed by atoms with Crippen LogP contribution >= 0.6 is 11.3 Å². The number of anilines is 3. The number of thiazole rings is 1. The van der Waals surface area contributed by atoms with Gasteiger partial charge in [-0.2, -0.15) is 0 Å². The van der Waals surface area contributed by atoms with Gasteiger partial charge in [0.2, 0.25) is 11.8 Å². The molecule has 3 amide bonds. The second kappa shape index (κ2) is 9.62. The molecule has 2 N–H and O–H groups in total. The number of rotatable bonds is 6. The van der Waals surface area contributed by atoms with Crippen LogP contribution in [0, 0.1) is 0 Å². The summed E-state index contributed by atoms with van der Waals surface area (Å²) in [5.74, 6) is -0.671. The van der Waals surface area contributed by atoms with E-state index in [0.717, 1.165) is 5.69 Å². The molecule has 1 heterocycles. The number of carbonyl (C=O) groups excluding carboxylic acids is 3. The van der Waals surface area contributed by atoms with Crippen LogP contribution in [-0.4, -0.2) is 29.8 Å². The number of hydrogen-bond donors (Lipinski definition) is 2. The second-order valence-corrected chi connectivity index (χ2v) is 7.06. The average Bonchev–Trinajstić information content (AvgIpc) is 3.21. The highest BCUT2D eigenvalue weighted by molar-refractivity contribution is 7.14. The molecule has 0 aliphatic rings. The Kier molecular flexibility index (Phi) is 6.71. The quantitative estimate of drug-likeness (QED) is 0.593. The van der Waals surface area contributed by atoms with E-state index in [0.29, 0.717) is 22.1 Å². The smallest absolute Gasteiger partial charge is 0.251 e. The highest BCUT2D eigenvalue weighted by atomic mass is 32.1. The molecule has 0 radical (unpaired) electrons. The summed E-state index contributed by atoms with van der Waals surface area (Å²) < 4.78 is 0. The van der Waals surface area contributed by atoms with Gasteiger partial charge in [-0.15, -0.1) is 11.3 Å². The first-order valence-corrected chi connectivity index (χ1v) is 9.98. The van der Waals surface area contributed by atoms with Crippen LogP contribution in [0.4, 0.5) is 16.5 Å². The van der Waals surface area contributed by atoms with Gasteiger partial charge in [-0.1, -0.05) is 18.2 Å². The zero-order valence-electron chi connectivity index (χ0n) is 16.5. The van der Waals surface area contributed by atoms with E-state index in [9.17, 15) is 14.4 Å². The van der Waals surface area contributed by atoms with Crippen molar-refractivity contribution in [1.29, 1.82) is 0 Å². The molecule has 0 aliphatic carbocycles. The van der Waals surface area contributed by atoms with Gasteiger partial charge in [0.05, 0.1) is 11.4 Å². The molecule has 0 saturated heterocycles. The van der Waals surface area contributed by atoms with Crippen molar-refractivity contribution in [2.45, 2.75) is 6.92 Å². The number of nitrogens with zero attached hydrogens (tertiary/aromatic N) is 2. The summed E-state index contributed by atoms with van der Waals surface area (Å²) in [6, 6.07) is 15.8. The standard InChI is InChI=1S/C22H20N4O3S/c1-15(27)26(19-6-4-3-5-7-19)22-25-18(14-30-22)12-13-20(28)24-17-10-8-16(9-11-17)21(29)23-2/h3-14H,1-2H3,(H,23,29)(H,24,28). The Morgan fingerprint density at radius 3 is 2.37 bits per heavy atom. The van der Waals surface area contributed by atoms with Crippen molar-refractivity contribution >= 4 is 51.6 Å². The van der Waals surface area contributed by atoms with Gasteiger partial charge in [-0.3, -0.25) is 19.3 Å². The van der Waals surface area contributed by atoms with Crippen molar-refractivity contribution in [3.05, 3.63) is 77.3 Å². The maximum atomic E-state index is 12.2. The zero-order valence-corrected chi connectivity index (χ0v) is 17.3. The summed E-state index contributed by atoms with van der Waals surface area (Å²) in [4.78, 5) is 41.8. The molecule has 0 bridgehead atoms. The molecule has 30 heavy (non-hydrogen) atoms. The van der Waals surface area contributed by atoms with E-state index in [4.69, 9.17) is 0 Å². The van der Waals surface area contributed by atoms with Crippen molar-refractivity contribution in [2.75, 3.05) is 17.3 Å². The minimum atomic E-state index is -0.330. The van der Waals surface area contributed by atoms with Gasteiger partial charge in [-0.25, -0.2) is 4.98 Å². The van der Waals surface area contributed by atoms with Gasteiger partial charge in [0.15, 0.2) is 5.13 Å². The van der Waals surface area contributed by atoms with Crippen LogP contribution in [-0.2, 0) is 9.59 Å². The fraction of sp³-hybridized carbons (Fsp3) is 0.0909. The molecule has 0 unspecified atom stereocenters. The van der Waals surface area contributed by atoms with E-state index in [1.54, 1.807) is 42.8 Å². The fourth-order valence-corrected chi connectivity index (χ4v) is 3.51. The second-order valence-electron chi connectivity index (χ2n) is 6.22. The largest absolute Gasteiger partial charge is 0.355 e. The lowest BCUT2D eigenvalue weighted by atomic mass is 10.2. The number of hydrogen-bond acceptors (Lipinski definition) is 5. The van der Waals surface area contributed by atoms with Crippen LogP contribution in [0.3, 0.4) is 0 Å². The summed E-state index contributed by atoms with van der Waals surface area (Å²) in [6.07, 6.45) is 2.95. The predicted octanol–water partition coefficient (Wildman–Crippen LogP) is 3.84. The first-order chi connectivity index (χ1) is 14.5. The van der Waals surface area contributed by atoms with E-state index in [2.05, 4.69) is 15.6 Å². The minimum absolute atomic E-state index is 0.149. The number of nitrogens with one attached hydrogen (secondary N) is 2. The molecule has 3 aromatic rings. The SMILES string of the molecule is CNC(=O)c1ccc(NC(=O)C=Cc2csc(N(C(C)=O)c3ccccc3)n2)cc1. The average molecular weight is 420 g/mol. The molecule has 152 valence electrons. The number of carbonyl (C=O) groups is 3. The molecule has 0 atom stereocenters. The van der Waals surface area contributed by atoms with E-state index in [1.165, 1.54) is 29.2 Å². The van der Waals surface area contributed by atoms with Crippen LogP contribution in [0.25, 0.3) is 6.08 Å². The topological polar surface area (TPSA) is 91.4 Å². The lowest BCUT2D eigenvalue weighted by Crippen LogP contribution is -2.22. The maximum absolute atomic E-state index is 12.2. The predicted molar refractivity (Wildman–Crippen MR) is 119 cm³/mol. The summed E-state index contributed by atoms with van der Waals surface area (Å²) in [5, 5.41) is 7.56. The highest BCUT2D eigenvalue weighted by Gasteiger charge is 2.17. The summed E-state index contributed by atoms with van der Waals surface area (Å²) >= 11 is 1.32. The molecule has 0 aliphatic heterocycles. The molecular formula is C22H20N4O3S. The Balaban J connectivity index is 1.67. The van der Waals surface area contributed by atoms with Crippen molar-refractivity contribution in [3.8, 4) is 0 Å². The van der Waals surface area contributed by atoms with E-state index < -0.39 is 0 Å². The zero-order chi connectivity index (χ0) is 21.5. The van der Waals surface area contributed by atoms with Gasteiger partial charge >= 0.3 is 0 Å². The van der Waals surface area contributed by atoms with Crippen LogP contribution in [0.1, 0.15) is 23.0 Å². The van der Waals surface area contributed by atoms with Crippen molar-refractivity contribution < 1.29 is 14.4 Å². The van der Waals surface area contributed by atoms with E-state index >= 15 is 0 Å². The molecule has 0 spiro atoms. The molecule has 1 aromatic heterocycles. The van der Waals surface area contributed by atoms with Crippen molar-refractivity contribution in [2.24, 2.45) is 0 Å². The lowest BCUT2D eigenvalue weighted by Gasteiger charge is -2.17. The Hall–Kier alpha value is -3.78. The first kappa shape index (κ1) is 20.9. The van der Waals surface area contributed by atoms with Crippen LogP contribution in [0.5, 0.6) is 0 Å². The third-order valence-corrected chi connectivity index (χ3v) is 4.92. The van der Waals surface area contributed by atoms with Gasteiger partial charge in [0.1, 0.15) is 0 Å². The summed E-state index contributed by atoms with van der Waals surface area (Å²) in [7, 11) is 1.56. The minimum Gasteiger partial charge on any atom is -0.355 e. The van der Waals surface area contributed by atoms with E-state index in [1.807, 2.05) is 30.3 Å². The number of aromatic nitrogens is 1. The maximum Gasteiger partial charge on any atom is 0.251 e. The molecule has 7 nitrogen and oxygen atoms in total. The Labute approximate surface area is 178 Å². The van der Waals surface area contributed by atoms with Gasteiger partial charge in [0, 0.05) is 36.7 Å². The van der Waals surface area contributed by atoms with Gasteiger partial charge in [-0.05, 0) is 42.5 Å². The lowest BCUT2D eigenvalue weighted by molar-refractivity contribution is -0.116. The molecule has 0 saturated carbocycles. The Morgan fingerprint density at radius 1 is 1.03 bits per heavy atom. The monoisotopic (exact) mass is 420 g/mol. The summed E-state index contributed by atoms with van der Waals surface area (Å²) in [6.45, 7) is 1.48. The summed E-state index contributed by atoms with van der Waals surface area (Å²) in [5.41, 5.74) is 2.38. The number of amides is 3. The molecule has 0 fully saturated rings. The van der Waals surface area contributed by atoms with Gasteiger partial charge < -0.3 is 10.6 Å². The molecule has 8 heteroatoms. The van der Waals surface area contributed by atoms with Crippen LogP contribution in [0.2, 0.25) is 0 Å². The van der Waals surface area contributed by atoms with Crippen molar-refractivity contribution in [1.82, 2.24) is 10.3 Å². The number of para-hydroxylation sites is 1. The third-order valence-electron chi connectivity index (χ3n) is 4.08.